The third-order valence-electron chi connectivity index (χ3n) is 4.83. The van der Waals surface area contributed by atoms with Crippen LogP contribution in [-0.2, 0) is 9.53 Å². The number of aromatic carboxylic acids is 1. The molecule has 0 amide bonds. The Labute approximate surface area is 190 Å². The molecule has 3 aromatic rings. The maximum atomic E-state index is 13.3. The van der Waals surface area contributed by atoms with Gasteiger partial charge in [-0.1, -0.05) is 17.4 Å². The fraction of sp³-hybridized carbons (Fsp3) is 0.182. The summed E-state index contributed by atoms with van der Waals surface area (Å²) in [5.74, 6) is -1.50. The Bertz CT molecular complexity index is 1380. The van der Waals surface area contributed by atoms with Crippen LogP contribution in [0.5, 0.6) is 0 Å². The van der Waals surface area contributed by atoms with E-state index in [4.69, 9.17) is 9.84 Å². The topological polar surface area (TPSA) is 110 Å². The predicted molar refractivity (Wildman–Crippen MR) is 123 cm³/mol. The van der Waals surface area contributed by atoms with Crippen LogP contribution in [-0.4, -0.2) is 28.2 Å². The summed E-state index contributed by atoms with van der Waals surface area (Å²) in [6.07, 6.45) is 1.56. The minimum absolute atomic E-state index is 0.174. The quantitative estimate of drug-likeness (QED) is 0.537. The van der Waals surface area contributed by atoms with Crippen molar-refractivity contribution in [3.63, 3.8) is 0 Å². The van der Waals surface area contributed by atoms with Gasteiger partial charge in [0.1, 0.15) is 10.6 Å². The van der Waals surface area contributed by atoms with Crippen LogP contribution in [0, 0.1) is 0 Å². The van der Waals surface area contributed by atoms with Crippen LogP contribution >= 0.6 is 22.7 Å². The lowest BCUT2D eigenvalue weighted by atomic mass is 10.0. The molecule has 32 heavy (non-hydrogen) atoms. The number of fused-ring (bicyclic) bond motifs is 1. The molecule has 2 N–H and O–H groups in total. The second kappa shape index (κ2) is 8.93. The van der Waals surface area contributed by atoms with E-state index in [1.165, 1.54) is 39.4 Å². The molecule has 0 unspecified atom stereocenters. The number of hydrogen-bond donors (Lipinski definition) is 2. The Morgan fingerprint density at radius 1 is 1.28 bits per heavy atom. The minimum atomic E-state index is -1.01. The van der Waals surface area contributed by atoms with E-state index < -0.39 is 18.0 Å². The van der Waals surface area contributed by atoms with E-state index in [1.54, 1.807) is 32.2 Å². The average molecular weight is 470 g/mol. The van der Waals surface area contributed by atoms with Crippen LogP contribution in [0.3, 0.4) is 0 Å². The fourth-order valence-electron chi connectivity index (χ4n) is 3.37. The Kier molecular flexibility index (Phi) is 6.06. The number of carbonyl (C=O) groups is 2. The SMILES string of the molecule is CCOC(=O)C1=C(C)N=c2s/c(=C\Nc3ccc(C(=O)O)cc3)c(=O)n2[C@@H]1c1cccs1. The van der Waals surface area contributed by atoms with Crippen molar-refractivity contribution in [3.8, 4) is 0 Å². The van der Waals surface area contributed by atoms with Crippen LogP contribution in [0.25, 0.3) is 6.20 Å². The summed E-state index contributed by atoms with van der Waals surface area (Å²) in [6.45, 7) is 3.70. The Balaban J connectivity index is 1.78. The number of carboxylic acids is 1. The van der Waals surface area contributed by atoms with Crippen molar-refractivity contribution < 1.29 is 19.4 Å². The molecule has 8 nitrogen and oxygen atoms in total. The van der Waals surface area contributed by atoms with E-state index in [0.717, 1.165) is 4.88 Å². The van der Waals surface area contributed by atoms with Gasteiger partial charge in [0.05, 0.1) is 23.4 Å². The second-order valence-corrected chi connectivity index (χ2v) is 8.83. The lowest BCUT2D eigenvalue weighted by Crippen LogP contribution is -2.39. The van der Waals surface area contributed by atoms with E-state index in [9.17, 15) is 14.4 Å². The van der Waals surface area contributed by atoms with Gasteiger partial charge in [-0.15, -0.1) is 11.3 Å². The molecule has 0 radical (unpaired) electrons. The molecule has 0 spiro atoms. The lowest BCUT2D eigenvalue weighted by molar-refractivity contribution is -0.139. The van der Waals surface area contributed by atoms with Gasteiger partial charge in [-0.2, -0.15) is 0 Å². The summed E-state index contributed by atoms with van der Waals surface area (Å²) in [7, 11) is 0. The molecule has 1 aliphatic rings. The molecule has 0 saturated heterocycles. The van der Waals surface area contributed by atoms with Crippen LogP contribution in [0.15, 0.2) is 62.8 Å². The molecule has 0 aliphatic carbocycles. The van der Waals surface area contributed by atoms with Crippen LogP contribution < -0.4 is 20.2 Å². The third-order valence-corrected chi connectivity index (χ3v) is 6.74. The molecule has 3 heterocycles. The van der Waals surface area contributed by atoms with E-state index in [1.807, 2.05) is 17.5 Å². The number of thiophene rings is 1. The monoisotopic (exact) mass is 469 g/mol. The number of esters is 1. The Morgan fingerprint density at radius 3 is 2.66 bits per heavy atom. The molecule has 1 atom stereocenters. The third kappa shape index (κ3) is 4.02. The molecule has 0 fully saturated rings. The largest absolute Gasteiger partial charge is 0.478 e. The van der Waals surface area contributed by atoms with Crippen LogP contribution in [0.1, 0.15) is 35.1 Å². The summed E-state index contributed by atoms with van der Waals surface area (Å²) in [4.78, 5) is 42.9. The van der Waals surface area contributed by atoms with Crippen LogP contribution in [0.4, 0.5) is 5.69 Å². The zero-order chi connectivity index (χ0) is 22.8. The number of carbonyl (C=O) groups excluding carboxylic acids is 1. The van der Waals surface area contributed by atoms with Gasteiger partial charge in [0.15, 0.2) is 4.80 Å². The van der Waals surface area contributed by atoms with E-state index in [0.29, 0.717) is 26.3 Å². The highest BCUT2D eigenvalue weighted by atomic mass is 32.1. The highest BCUT2D eigenvalue weighted by Gasteiger charge is 2.33. The number of allylic oxidation sites excluding steroid dienone is 1. The smallest absolute Gasteiger partial charge is 0.338 e. The number of ether oxygens (including phenoxy) is 1. The number of rotatable bonds is 6. The molecule has 164 valence electrons. The maximum Gasteiger partial charge on any atom is 0.338 e. The average Bonchev–Trinajstić information content (AvgIpc) is 3.40. The molecule has 10 heteroatoms. The summed E-state index contributed by atoms with van der Waals surface area (Å²) in [5, 5.41) is 13.9. The van der Waals surface area contributed by atoms with Gasteiger partial charge in [0, 0.05) is 16.8 Å². The highest BCUT2D eigenvalue weighted by molar-refractivity contribution is 7.10. The number of carboxylic acid groups (broad SMARTS) is 1. The molecule has 1 aromatic carbocycles. The first-order valence-electron chi connectivity index (χ1n) is 9.72. The van der Waals surface area contributed by atoms with Crippen LogP contribution in [0.2, 0.25) is 0 Å². The standard InChI is InChI=1S/C22H19N3O5S2/c1-3-30-21(29)17-12(2)24-22-25(18(17)15-5-4-10-31-15)19(26)16(32-22)11-23-14-8-6-13(7-9-14)20(27)28/h4-11,18,23H,3H2,1-2H3,(H,27,28)/b16-11-/t18-/m1/s1. The molecule has 1 aliphatic heterocycles. The van der Waals surface area contributed by atoms with Gasteiger partial charge in [0.2, 0.25) is 0 Å². The number of anilines is 1. The number of aromatic nitrogens is 1. The predicted octanol–water partition coefficient (Wildman–Crippen LogP) is 2.58. The summed E-state index contributed by atoms with van der Waals surface area (Å²) in [5.41, 5.74) is 1.40. The van der Waals surface area contributed by atoms with Gasteiger partial charge in [-0.05, 0) is 49.6 Å². The summed E-state index contributed by atoms with van der Waals surface area (Å²) >= 11 is 2.66. The summed E-state index contributed by atoms with van der Waals surface area (Å²) < 4.78 is 7.18. The molecule has 2 aromatic heterocycles. The van der Waals surface area contributed by atoms with Gasteiger partial charge in [0.25, 0.3) is 5.56 Å². The first-order valence-corrected chi connectivity index (χ1v) is 11.4. The van der Waals surface area contributed by atoms with Crippen molar-refractivity contribution in [2.45, 2.75) is 19.9 Å². The van der Waals surface area contributed by atoms with Gasteiger partial charge >= 0.3 is 11.9 Å². The number of benzene rings is 1. The van der Waals surface area contributed by atoms with E-state index in [-0.39, 0.29) is 17.7 Å². The molecule has 4 rings (SSSR count). The van der Waals surface area contributed by atoms with Gasteiger partial charge < -0.3 is 15.2 Å². The Morgan fingerprint density at radius 2 is 2.03 bits per heavy atom. The molecule has 0 saturated carbocycles. The van der Waals surface area contributed by atoms with E-state index >= 15 is 0 Å². The van der Waals surface area contributed by atoms with Crippen molar-refractivity contribution >= 4 is 46.5 Å². The summed E-state index contributed by atoms with van der Waals surface area (Å²) in [6, 6.07) is 9.34. The zero-order valence-corrected chi connectivity index (χ0v) is 18.8. The molecule has 0 bridgehead atoms. The number of hydrogen-bond acceptors (Lipinski definition) is 8. The van der Waals surface area contributed by atoms with Crippen molar-refractivity contribution in [2.24, 2.45) is 4.99 Å². The fourth-order valence-corrected chi connectivity index (χ4v) is 5.16. The van der Waals surface area contributed by atoms with Crippen molar-refractivity contribution in [3.05, 3.63) is 83.2 Å². The highest BCUT2D eigenvalue weighted by Crippen LogP contribution is 2.33. The zero-order valence-electron chi connectivity index (χ0n) is 17.2. The van der Waals surface area contributed by atoms with Crippen molar-refractivity contribution in [1.29, 1.82) is 0 Å². The van der Waals surface area contributed by atoms with Gasteiger partial charge in [-0.25, -0.2) is 14.6 Å². The number of nitrogens with one attached hydrogen (secondary N) is 1. The number of nitrogens with zero attached hydrogens (tertiary/aromatic N) is 2. The second-order valence-electron chi connectivity index (χ2n) is 6.84. The first kappa shape index (κ1) is 21.7. The Hall–Kier alpha value is -3.50. The van der Waals surface area contributed by atoms with Crippen molar-refractivity contribution in [2.75, 3.05) is 11.9 Å². The number of thiazole rings is 1. The minimum Gasteiger partial charge on any atom is -0.478 e. The van der Waals surface area contributed by atoms with Gasteiger partial charge in [-0.3, -0.25) is 9.36 Å². The normalized spacial score (nSPS) is 15.8. The van der Waals surface area contributed by atoms with Crippen molar-refractivity contribution in [1.82, 2.24) is 4.57 Å². The lowest BCUT2D eigenvalue weighted by Gasteiger charge is -2.23. The molecular formula is C22H19N3O5S2. The first-order chi connectivity index (χ1) is 15.4. The molecular weight excluding hydrogens is 450 g/mol. The maximum absolute atomic E-state index is 13.3. The van der Waals surface area contributed by atoms with E-state index in [2.05, 4.69) is 10.3 Å².